The van der Waals surface area contributed by atoms with Gasteiger partial charge in [-0.3, -0.25) is 4.79 Å². The molecular weight excluding hydrogens is 320 g/mol. The third kappa shape index (κ3) is 3.22. The fourth-order valence-electron chi connectivity index (χ4n) is 2.91. The predicted molar refractivity (Wildman–Crippen MR) is 101 cm³/mol. The van der Waals surface area contributed by atoms with Gasteiger partial charge in [0.15, 0.2) is 17.6 Å². The lowest BCUT2D eigenvalue weighted by Crippen LogP contribution is -2.25. The van der Waals surface area contributed by atoms with Crippen molar-refractivity contribution in [3.8, 4) is 11.5 Å². The van der Waals surface area contributed by atoms with Crippen LogP contribution in [-0.2, 0) is 5.41 Å². The summed E-state index contributed by atoms with van der Waals surface area (Å²) >= 11 is 0. The summed E-state index contributed by atoms with van der Waals surface area (Å²) < 4.78 is 17.8. The quantitative estimate of drug-likeness (QED) is 0.604. The third-order valence-corrected chi connectivity index (χ3v) is 5.64. The molecule has 2 aromatic rings. The largest absolute Gasteiger partial charge is 0.493 e. The second kappa shape index (κ2) is 6.63. The molecule has 132 valence electrons. The summed E-state index contributed by atoms with van der Waals surface area (Å²) in [7, 11) is 0.419. The smallest absolute Gasteiger partial charge is 0.205 e. The number of furan rings is 1. The summed E-state index contributed by atoms with van der Waals surface area (Å²) in [6.07, 6.45) is 0.894. The highest BCUT2D eigenvalue weighted by Crippen LogP contribution is 2.42. The molecule has 1 aromatic carbocycles. The molecule has 1 aromatic heterocycles. The van der Waals surface area contributed by atoms with Crippen molar-refractivity contribution < 1.29 is 18.7 Å². The number of carbonyl (C=O) groups is 1. The molecule has 0 fully saturated rings. The lowest BCUT2D eigenvalue weighted by atomic mass is 9.90. The van der Waals surface area contributed by atoms with Crippen LogP contribution < -0.4 is 14.7 Å². The Labute approximate surface area is 145 Å². The molecule has 0 atom stereocenters. The first-order chi connectivity index (χ1) is 11.1. The van der Waals surface area contributed by atoms with E-state index in [-0.39, 0.29) is 11.5 Å². The summed E-state index contributed by atoms with van der Waals surface area (Å²) in [5, 5.41) is 2.06. The highest BCUT2D eigenvalue weighted by atomic mass is 28.3. The van der Waals surface area contributed by atoms with E-state index in [4.69, 9.17) is 13.9 Å². The Morgan fingerprint density at radius 3 is 2.29 bits per heavy atom. The second-order valence-corrected chi connectivity index (χ2v) is 10.7. The van der Waals surface area contributed by atoms with Crippen molar-refractivity contribution in [2.75, 3.05) is 7.11 Å². The van der Waals surface area contributed by atoms with E-state index in [2.05, 4.69) is 13.1 Å². The minimum absolute atomic E-state index is 0.0212. The molecule has 0 saturated carbocycles. The molecule has 0 saturated heterocycles. The van der Waals surface area contributed by atoms with Crippen molar-refractivity contribution in [3.05, 3.63) is 17.4 Å². The van der Waals surface area contributed by atoms with Crippen LogP contribution in [-0.4, -0.2) is 28.3 Å². The summed E-state index contributed by atoms with van der Waals surface area (Å²) in [6.45, 7) is 14.5. The van der Waals surface area contributed by atoms with Gasteiger partial charge in [0, 0.05) is 10.8 Å². The Morgan fingerprint density at radius 1 is 1.25 bits per heavy atom. The van der Waals surface area contributed by atoms with E-state index < -0.39 is 8.80 Å². The summed E-state index contributed by atoms with van der Waals surface area (Å²) in [5.74, 6) is 1.95. The van der Waals surface area contributed by atoms with Gasteiger partial charge in [0.1, 0.15) is 5.76 Å². The first-order valence-corrected chi connectivity index (χ1v) is 11.3. The predicted octanol–water partition coefficient (Wildman–Crippen LogP) is 4.03. The fourth-order valence-corrected chi connectivity index (χ4v) is 4.25. The second-order valence-electron chi connectivity index (χ2n) is 7.74. The average molecular weight is 349 g/mol. The Balaban J connectivity index is 2.99. The van der Waals surface area contributed by atoms with Crippen LogP contribution >= 0.6 is 0 Å². The van der Waals surface area contributed by atoms with Crippen LogP contribution in [0.2, 0.25) is 13.1 Å². The van der Waals surface area contributed by atoms with Gasteiger partial charge < -0.3 is 13.9 Å². The molecule has 5 heteroatoms. The Bertz CT molecular complexity index is 751. The molecule has 24 heavy (non-hydrogen) atoms. The maximum atomic E-state index is 11.9. The molecule has 0 amide bonds. The molecule has 0 N–H and O–H groups in total. The van der Waals surface area contributed by atoms with Gasteiger partial charge in [-0.25, -0.2) is 0 Å². The normalized spacial score (nSPS) is 12.2. The first kappa shape index (κ1) is 18.6. The zero-order chi connectivity index (χ0) is 18.2. The molecule has 0 aliphatic heterocycles. The highest BCUT2D eigenvalue weighted by molar-refractivity contribution is 6.73. The van der Waals surface area contributed by atoms with Crippen LogP contribution in [0.3, 0.4) is 0 Å². The van der Waals surface area contributed by atoms with E-state index in [1.54, 1.807) is 7.11 Å². The van der Waals surface area contributed by atoms with Crippen molar-refractivity contribution in [3.63, 3.8) is 0 Å². The van der Waals surface area contributed by atoms with Crippen molar-refractivity contribution in [2.24, 2.45) is 0 Å². The van der Waals surface area contributed by atoms with Crippen LogP contribution in [0.15, 0.2) is 10.5 Å². The topological polar surface area (TPSA) is 48.7 Å². The number of aldehydes is 1. The van der Waals surface area contributed by atoms with Crippen LogP contribution in [0.4, 0.5) is 0 Å². The number of hydrogen-bond acceptors (Lipinski definition) is 4. The zero-order valence-corrected chi connectivity index (χ0v) is 17.1. The summed E-state index contributed by atoms with van der Waals surface area (Å²) in [5.41, 5.74) is 1.00. The van der Waals surface area contributed by atoms with Crippen molar-refractivity contribution in [1.29, 1.82) is 0 Å². The van der Waals surface area contributed by atoms with Crippen LogP contribution in [0, 0.1) is 0 Å². The third-order valence-electron chi connectivity index (χ3n) is 3.94. The van der Waals surface area contributed by atoms with E-state index in [0.717, 1.165) is 11.7 Å². The molecular formula is C19H28O4Si. The molecule has 0 aliphatic carbocycles. The summed E-state index contributed by atoms with van der Waals surface area (Å²) in [4.78, 5) is 11.9. The maximum Gasteiger partial charge on any atom is 0.205 e. The van der Waals surface area contributed by atoms with Crippen LogP contribution in [0.5, 0.6) is 11.5 Å². The lowest BCUT2D eigenvalue weighted by Gasteiger charge is -2.17. The number of carbonyl (C=O) groups excluding carboxylic acids is 1. The van der Waals surface area contributed by atoms with E-state index in [9.17, 15) is 4.79 Å². The monoisotopic (exact) mass is 348 g/mol. The van der Waals surface area contributed by atoms with Crippen molar-refractivity contribution in [1.82, 2.24) is 0 Å². The van der Waals surface area contributed by atoms with Gasteiger partial charge in [0.2, 0.25) is 5.75 Å². The molecule has 0 unspecified atom stereocenters. The Kier molecular flexibility index (Phi) is 5.13. The number of ether oxygens (including phenoxy) is 2. The minimum Gasteiger partial charge on any atom is -0.493 e. The molecule has 0 radical (unpaired) electrons. The number of benzene rings is 1. The Hall–Kier alpha value is -1.75. The standard InChI is InChI=1S/C19H28O4Si/c1-11(2)22-16-13(21-6)9-14(24(7)8)15-12(10-20)18(19(3,4)5)23-17(15)16/h9-11,24H,1-8H3. The minimum atomic E-state index is -1.21. The van der Waals surface area contributed by atoms with E-state index in [0.29, 0.717) is 28.4 Å². The SMILES string of the molecule is COc1cc([SiH](C)C)c2c(C=O)c(C(C)(C)C)oc2c1OC(C)C. The molecule has 2 rings (SSSR count). The Morgan fingerprint density at radius 2 is 1.88 bits per heavy atom. The van der Waals surface area contributed by atoms with E-state index in [1.807, 2.05) is 40.7 Å². The van der Waals surface area contributed by atoms with Gasteiger partial charge in [-0.05, 0) is 25.1 Å². The molecule has 0 spiro atoms. The van der Waals surface area contributed by atoms with E-state index in [1.165, 1.54) is 5.19 Å². The fraction of sp³-hybridized carbons (Fsp3) is 0.526. The van der Waals surface area contributed by atoms with Gasteiger partial charge in [0.25, 0.3) is 0 Å². The number of fused-ring (bicyclic) bond motifs is 1. The average Bonchev–Trinajstić information content (AvgIpc) is 2.86. The lowest BCUT2D eigenvalue weighted by molar-refractivity contribution is 0.112. The molecule has 0 aliphatic rings. The van der Waals surface area contributed by atoms with Crippen molar-refractivity contribution in [2.45, 2.75) is 59.2 Å². The highest BCUT2D eigenvalue weighted by Gasteiger charge is 2.30. The number of rotatable bonds is 5. The van der Waals surface area contributed by atoms with Gasteiger partial charge in [-0.1, -0.05) is 33.9 Å². The van der Waals surface area contributed by atoms with Gasteiger partial charge in [-0.15, -0.1) is 0 Å². The van der Waals surface area contributed by atoms with E-state index >= 15 is 0 Å². The molecule has 4 nitrogen and oxygen atoms in total. The molecule has 0 bridgehead atoms. The van der Waals surface area contributed by atoms with Gasteiger partial charge >= 0.3 is 0 Å². The molecule has 1 heterocycles. The first-order valence-electron chi connectivity index (χ1n) is 8.41. The van der Waals surface area contributed by atoms with Gasteiger partial charge in [0.05, 0.1) is 27.6 Å². The summed E-state index contributed by atoms with van der Waals surface area (Å²) in [6, 6.07) is 2.02. The van der Waals surface area contributed by atoms with Crippen LogP contribution in [0.1, 0.15) is 50.7 Å². The zero-order valence-electron chi connectivity index (χ0n) is 15.9. The van der Waals surface area contributed by atoms with Gasteiger partial charge in [-0.2, -0.15) is 0 Å². The number of methoxy groups -OCH3 is 1. The van der Waals surface area contributed by atoms with Crippen LogP contribution in [0.25, 0.3) is 11.0 Å². The maximum absolute atomic E-state index is 11.9. The number of hydrogen-bond donors (Lipinski definition) is 0. The van der Waals surface area contributed by atoms with Crippen molar-refractivity contribution >= 4 is 31.2 Å².